The maximum atomic E-state index is 13.1. The van der Waals surface area contributed by atoms with Gasteiger partial charge in [-0.25, -0.2) is 15.0 Å². The Morgan fingerprint density at radius 2 is 1.93 bits per heavy atom. The second-order valence-electron chi connectivity index (χ2n) is 9.20. The van der Waals surface area contributed by atoms with E-state index in [9.17, 15) is 15.0 Å². The number of fused-ring (bicyclic) bond motifs is 1. The van der Waals surface area contributed by atoms with Crippen LogP contribution in [0.4, 0.5) is 5.82 Å². The van der Waals surface area contributed by atoms with Gasteiger partial charge >= 0.3 is 0 Å². The van der Waals surface area contributed by atoms with Crippen molar-refractivity contribution in [1.82, 2.24) is 24.8 Å². The normalized spacial score (nSPS) is 42.8. The summed E-state index contributed by atoms with van der Waals surface area (Å²) in [6.45, 7) is 0. The summed E-state index contributed by atoms with van der Waals surface area (Å²) in [7, 11) is 0. The van der Waals surface area contributed by atoms with Crippen LogP contribution in [0.2, 0.25) is 0 Å². The molecule has 0 spiro atoms. The zero-order valence-electron chi connectivity index (χ0n) is 15.8. The van der Waals surface area contributed by atoms with E-state index in [1.54, 1.807) is 0 Å². The molecule has 10 heteroatoms. The average molecular weight is 400 g/mol. The molecule has 2 aromatic rings. The first-order valence-corrected chi connectivity index (χ1v) is 10.2. The van der Waals surface area contributed by atoms with E-state index in [1.807, 2.05) is 0 Å². The number of aliphatic hydroxyl groups excluding tert-OH is 2. The average Bonchev–Trinajstić information content (AvgIpc) is 3.36. The van der Waals surface area contributed by atoms with Gasteiger partial charge in [0.1, 0.15) is 24.1 Å². The monoisotopic (exact) mass is 400 g/mol. The minimum absolute atomic E-state index is 0.167. The molecule has 1 aliphatic heterocycles. The van der Waals surface area contributed by atoms with E-state index in [1.165, 1.54) is 36.5 Å². The Bertz CT molecular complexity index is 980. The zero-order valence-corrected chi connectivity index (χ0v) is 15.8. The number of carbonyl (C=O) groups excluding carboxylic acids is 1. The predicted molar refractivity (Wildman–Crippen MR) is 100 cm³/mol. The van der Waals surface area contributed by atoms with Crippen LogP contribution in [0.5, 0.6) is 0 Å². The fraction of sp³-hybridized carbons (Fsp3) is 0.684. The van der Waals surface area contributed by atoms with Gasteiger partial charge in [-0.05, 0) is 49.9 Å². The number of nitrogens with zero attached hydrogens (tertiary/aromatic N) is 4. The summed E-state index contributed by atoms with van der Waals surface area (Å²) in [5, 5.41) is 24.4. The van der Waals surface area contributed by atoms with Crippen LogP contribution in [0, 0.1) is 17.8 Å². The van der Waals surface area contributed by atoms with Gasteiger partial charge in [-0.2, -0.15) is 0 Å². The fourth-order valence-electron chi connectivity index (χ4n) is 6.48. The Balaban J connectivity index is 1.25. The Kier molecular flexibility index (Phi) is 3.55. The molecule has 5 N–H and O–H groups in total. The highest BCUT2D eigenvalue weighted by atomic mass is 16.6. The summed E-state index contributed by atoms with van der Waals surface area (Å²) in [5.41, 5.74) is 6.40. The van der Waals surface area contributed by atoms with Gasteiger partial charge in [0, 0.05) is 5.54 Å². The summed E-state index contributed by atoms with van der Waals surface area (Å²) >= 11 is 0. The lowest BCUT2D eigenvalue weighted by molar-refractivity contribution is -0.140. The molecule has 10 nitrogen and oxygen atoms in total. The number of nitrogens with one attached hydrogen (secondary N) is 1. The van der Waals surface area contributed by atoms with Gasteiger partial charge in [0.2, 0.25) is 0 Å². The Morgan fingerprint density at radius 3 is 2.69 bits per heavy atom. The minimum atomic E-state index is -1.34. The van der Waals surface area contributed by atoms with Gasteiger partial charge in [0.15, 0.2) is 23.8 Å². The standard InChI is InChI=1S/C19H24N6O4/c20-15-11-16(22-6-21-15)25(7-23-11)18-13(27)12(26)14(29-18)17(28)24-19-4-8-1-9(5-19)3-10(19)2-8/h6-10,12-14,18,26-27H,1-5H2,(H,24,28)(H2,20,21,22)/t8-,9+,10?,12-,13+,14-,18+,19?/m0/s1. The Hall–Kier alpha value is -2.30. The smallest absolute Gasteiger partial charge is 0.252 e. The third kappa shape index (κ3) is 2.39. The SMILES string of the molecule is Nc1ncnc2c1ncn2[C@@H]1O[C@H](C(=O)NC23C[C@@H]4CC2C[C@@H](C4)C3)[C@@H](O)[C@H]1O. The van der Waals surface area contributed by atoms with Crippen LogP contribution < -0.4 is 11.1 Å². The van der Waals surface area contributed by atoms with Crippen LogP contribution in [0.3, 0.4) is 0 Å². The molecule has 2 aromatic heterocycles. The maximum Gasteiger partial charge on any atom is 0.252 e. The second-order valence-corrected chi connectivity index (χ2v) is 9.20. The van der Waals surface area contributed by atoms with Crippen molar-refractivity contribution in [3.05, 3.63) is 12.7 Å². The molecule has 5 fully saturated rings. The van der Waals surface area contributed by atoms with Crippen molar-refractivity contribution in [2.75, 3.05) is 5.73 Å². The van der Waals surface area contributed by atoms with Crippen molar-refractivity contribution >= 4 is 22.9 Å². The van der Waals surface area contributed by atoms with Crippen LogP contribution >= 0.6 is 0 Å². The summed E-state index contributed by atoms with van der Waals surface area (Å²) in [6, 6.07) is 0. The van der Waals surface area contributed by atoms with Gasteiger partial charge in [0.25, 0.3) is 5.91 Å². The molecule has 1 saturated heterocycles. The number of aromatic nitrogens is 4. The van der Waals surface area contributed by atoms with E-state index in [-0.39, 0.29) is 17.3 Å². The summed E-state index contributed by atoms with van der Waals surface area (Å²) < 4.78 is 7.33. The number of imidazole rings is 1. The lowest BCUT2D eigenvalue weighted by atomic mass is 9.80. The number of aliphatic hydroxyl groups is 2. The van der Waals surface area contributed by atoms with E-state index >= 15 is 0 Å². The van der Waals surface area contributed by atoms with Gasteiger partial charge in [-0.1, -0.05) is 0 Å². The molecule has 3 heterocycles. The number of nitrogen functional groups attached to an aromatic ring is 1. The van der Waals surface area contributed by atoms with E-state index < -0.39 is 24.5 Å². The van der Waals surface area contributed by atoms with Gasteiger partial charge in [-0.3, -0.25) is 9.36 Å². The molecule has 7 rings (SSSR count). The van der Waals surface area contributed by atoms with Gasteiger partial charge in [-0.15, -0.1) is 0 Å². The van der Waals surface area contributed by atoms with Crippen molar-refractivity contribution in [2.45, 2.75) is 62.2 Å². The predicted octanol–water partition coefficient (Wildman–Crippen LogP) is -0.277. The number of nitrogens with two attached hydrogens (primary N) is 1. The van der Waals surface area contributed by atoms with Crippen molar-refractivity contribution in [2.24, 2.45) is 17.8 Å². The van der Waals surface area contributed by atoms with Gasteiger partial charge < -0.3 is 26.0 Å². The molecule has 4 saturated carbocycles. The summed E-state index contributed by atoms with van der Waals surface area (Å²) in [4.78, 5) is 25.3. The quantitative estimate of drug-likeness (QED) is 0.550. The molecule has 5 aliphatic rings. The van der Waals surface area contributed by atoms with Crippen LogP contribution in [-0.4, -0.2) is 59.5 Å². The molecule has 29 heavy (non-hydrogen) atoms. The highest BCUT2D eigenvalue weighted by molar-refractivity contribution is 5.83. The van der Waals surface area contributed by atoms with Crippen molar-refractivity contribution in [3.8, 4) is 0 Å². The summed E-state index contributed by atoms with van der Waals surface area (Å²) in [6.07, 6.45) is 3.58. The largest absolute Gasteiger partial charge is 0.387 e. The minimum Gasteiger partial charge on any atom is -0.387 e. The third-order valence-corrected chi connectivity index (χ3v) is 7.52. The number of ether oxygens (including phenoxy) is 1. The number of hydrogen-bond acceptors (Lipinski definition) is 8. The molecule has 2 unspecified atom stereocenters. The van der Waals surface area contributed by atoms with E-state index in [0.717, 1.165) is 12.8 Å². The molecule has 4 bridgehead atoms. The topological polar surface area (TPSA) is 148 Å². The van der Waals surface area contributed by atoms with E-state index in [4.69, 9.17) is 10.5 Å². The first-order valence-electron chi connectivity index (χ1n) is 10.2. The Labute approximate surface area is 166 Å². The van der Waals surface area contributed by atoms with Crippen LogP contribution in [0.15, 0.2) is 12.7 Å². The second kappa shape index (κ2) is 5.87. The summed E-state index contributed by atoms with van der Waals surface area (Å²) in [5.74, 6) is 1.77. The number of amides is 1. The van der Waals surface area contributed by atoms with Crippen molar-refractivity contribution < 1.29 is 19.7 Å². The van der Waals surface area contributed by atoms with E-state index in [2.05, 4.69) is 20.3 Å². The fourth-order valence-corrected chi connectivity index (χ4v) is 6.48. The number of carbonyl (C=O) groups is 1. The van der Waals surface area contributed by atoms with E-state index in [0.29, 0.717) is 28.9 Å². The van der Waals surface area contributed by atoms with Crippen LogP contribution in [0.1, 0.15) is 38.3 Å². The molecule has 1 amide bonds. The number of anilines is 1. The number of hydrogen-bond donors (Lipinski definition) is 4. The highest BCUT2D eigenvalue weighted by Gasteiger charge is 2.59. The first-order chi connectivity index (χ1) is 13.9. The number of rotatable bonds is 3. The van der Waals surface area contributed by atoms with Crippen LogP contribution in [0.25, 0.3) is 11.2 Å². The molecular weight excluding hydrogens is 376 g/mol. The van der Waals surface area contributed by atoms with Crippen molar-refractivity contribution in [1.29, 1.82) is 0 Å². The van der Waals surface area contributed by atoms with Crippen molar-refractivity contribution in [3.63, 3.8) is 0 Å². The third-order valence-electron chi connectivity index (χ3n) is 7.52. The zero-order chi connectivity index (χ0) is 19.9. The maximum absolute atomic E-state index is 13.1. The first kappa shape index (κ1) is 17.5. The lowest BCUT2D eigenvalue weighted by Gasteiger charge is -2.35. The molecule has 154 valence electrons. The molecule has 8 atom stereocenters. The molecule has 0 aromatic carbocycles. The van der Waals surface area contributed by atoms with Crippen LogP contribution in [-0.2, 0) is 9.53 Å². The molecule has 0 radical (unpaired) electrons. The molecular formula is C19H24N6O4. The highest BCUT2D eigenvalue weighted by Crippen LogP contribution is 2.60. The lowest BCUT2D eigenvalue weighted by Crippen LogP contribution is -2.54. The van der Waals surface area contributed by atoms with Gasteiger partial charge in [0.05, 0.1) is 6.33 Å². The molecule has 4 aliphatic carbocycles. The Morgan fingerprint density at radius 1 is 1.17 bits per heavy atom.